The molecular weight excluding hydrogens is 334 g/mol. The van der Waals surface area contributed by atoms with Gasteiger partial charge in [0.25, 0.3) is 0 Å². The van der Waals surface area contributed by atoms with Crippen LogP contribution < -0.4 is 15.0 Å². The van der Waals surface area contributed by atoms with Crippen molar-refractivity contribution in [1.82, 2.24) is 4.98 Å². The maximum atomic E-state index is 12.4. The first-order valence-corrected chi connectivity index (χ1v) is 9.01. The molecule has 5 nitrogen and oxygen atoms in total. The normalized spacial score (nSPS) is 14.4. The highest BCUT2D eigenvalue weighted by molar-refractivity contribution is 7.22. The van der Waals surface area contributed by atoms with E-state index in [-0.39, 0.29) is 11.8 Å². The van der Waals surface area contributed by atoms with Crippen LogP contribution >= 0.6 is 11.3 Å². The first kappa shape index (κ1) is 15.9. The van der Waals surface area contributed by atoms with Crippen LogP contribution in [0.1, 0.15) is 5.56 Å². The number of hydrogen-bond donors (Lipinski definition) is 1. The van der Waals surface area contributed by atoms with E-state index >= 15 is 0 Å². The second kappa shape index (κ2) is 6.37. The van der Waals surface area contributed by atoms with Crippen LogP contribution in [0.4, 0.5) is 10.8 Å². The van der Waals surface area contributed by atoms with Crippen molar-refractivity contribution in [2.24, 2.45) is 5.92 Å². The van der Waals surface area contributed by atoms with Gasteiger partial charge >= 0.3 is 0 Å². The van der Waals surface area contributed by atoms with Gasteiger partial charge in [-0.25, -0.2) is 4.98 Å². The second-order valence-electron chi connectivity index (χ2n) is 6.29. The quantitative estimate of drug-likeness (QED) is 0.777. The Morgan fingerprint density at radius 3 is 2.88 bits per heavy atom. The van der Waals surface area contributed by atoms with Crippen LogP contribution in [0.3, 0.4) is 0 Å². The average molecular weight is 353 g/mol. The van der Waals surface area contributed by atoms with Crippen LogP contribution in [-0.4, -0.2) is 31.1 Å². The number of carbonyl (C=O) groups is 1. The largest absolute Gasteiger partial charge is 0.497 e. The molecule has 0 unspecified atom stereocenters. The Labute approximate surface area is 150 Å². The number of aromatic nitrogens is 1. The topological polar surface area (TPSA) is 54.5 Å². The summed E-state index contributed by atoms with van der Waals surface area (Å²) in [6.45, 7) is 3.42. The van der Waals surface area contributed by atoms with E-state index in [4.69, 9.17) is 4.74 Å². The van der Waals surface area contributed by atoms with E-state index in [1.165, 1.54) is 0 Å². The third kappa shape index (κ3) is 3.17. The number of nitrogens with one attached hydrogen (secondary N) is 1. The lowest BCUT2D eigenvalue weighted by atomic mass is 10.00. The van der Waals surface area contributed by atoms with Crippen molar-refractivity contribution in [3.05, 3.63) is 48.0 Å². The summed E-state index contributed by atoms with van der Waals surface area (Å²) < 4.78 is 6.36. The number of anilines is 2. The number of carbonyl (C=O) groups excluding carboxylic acids is 1. The van der Waals surface area contributed by atoms with Gasteiger partial charge in [0.1, 0.15) is 5.75 Å². The number of hydrogen-bond acceptors (Lipinski definition) is 5. The third-order valence-corrected chi connectivity index (χ3v) is 5.47. The van der Waals surface area contributed by atoms with Crippen molar-refractivity contribution < 1.29 is 9.53 Å². The van der Waals surface area contributed by atoms with E-state index in [2.05, 4.69) is 15.2 Å². The number of rotatable bonds is 4. The molecule has 1 aliphatic rings. The lowest BCUT2D eigenvalue weighted by molar-refractivity contribution is -0.120. The van der Waals surface area contributed by atoms with Gasteiger partial charge in [-0.15, -0.1) is 0 Å². The molecule has 1 amide bonds. The van der Waals surface area contributed by atoms with Crippen molar-refractivity contribution >= 4 is 38.3 Å². The standard InChI is InChI=1S/C19H19N3O2S/c1-12-4-3-5-14(8-12)20-18(23)13-10-22(11-13)19-21-16-7-6-15(24-2)9-17(16)25-19/h3-9,13H,10-11H2,1-2H3,(H,20,23). The Morgan fingerprint density at radius 2 is 2.12 bits per heavy atom. The SMILES string of the molecule is COc1ccc2nc(N3CC(C(=O)Nc4cccc(C)c4)C3)sc2c1. The Bertz CT molecular complexity index is 931. The fourth-order valence-electron chi connectivity index (χ4n) is 2.92. The molecule has 0 aliphatic carbocycles. The summed E-state index contributed by atoms with van der Waals surface area (Å²) in [5.74, 6) is 0.911. The number of amides is 1. The van der Waals surface area contributed by atoms with Gasteiger partial charge in [-0.2, -0.15) is 0 Å². The zero-order valence-corrected chi connectivity index (χ0v) is 15.0. The van der Waals surface area contributed by atoms with E-state index in [1.54, 1.807) is 18.4 Å². The third-order valence-electron chi connectivity index (χ3n) is 4.39. The van der Waals surface area contributed by atoms with E-state index in [0.29, 0.717) is 13.1 Å². The van der Waals surface area contributed by atoms with Crippen LogP contribution in [-0.2, 0) is 4.79 Å². The predicted molar refractivity (Wildman–Crippen MR) is 102 cm³/mol. The molecule has 0 radical (unpaired) electrons. The van der Waals surface area contributed by atoms with Gasteiger partial charge < -0.3 is 15.0 Å². The van der Waals surface area contributed by atoms with Gasteiger partial charge in [-0.1, -0.05) is 23.5 Å². The van der Waals surface area contributed by atoms with Crippen LogP contribution in [0.5, 0.6) is 5.75 Å². The molecule has 1 N–H and O–H groups in total. The smallest absolute Gasteiger partial charge is 0.231 e. The molecule has 1 aromatic heterocycles. The summed E-state index contributed by atoms with van der Waals surface area (Å²) in [4.78, 5) is 19.2. The minimum Gasteiger partial charge on any atom is -0.497 e. The van der Waals surface area contributed by atoms with Crippen molar-refractivity contribution in [3.63, 3.8) is 0 Å². The van der Waals surface area contributed by atoms with Gasteiger partial charge in [0, 0.05) is 18.8 Å². The molecule has 2 heterocycles. The number of fused-ring (bicyclic) bond motifs is 1. The summed E-state index contributed by atoms with van der Waals surface area (Å²) >= 11 is 1.63. The maximum Gasteiger partial charge on any atom is 0.231 e. The Kier molecular flexibility index (Phi) is 4.05. The van der Waals surface area contributed by atoms with Crippen molar-refractivity contribution in [1.29, 1.82) is 0 Å². The number of aryl methyl sites for hydroxylation is 1. The lowest BCUT2D eigenvalue weighted by Crippen LogP contribution is -2.52. The molecule has 0 bridgehead atoms. The minimum atomic E-state index is 0.00191. The van der Waals surface area contributed by atoms with Crippen molar-refractivity contribution in [2.75, 3.05) is 30.4 Å². The Morgan fingerprint density at radius 1 is 1.28 bits per heavy atom. The number of thiazole rings is 1. The van der Waals surface area contributed by atoms with Gasteiger partial charge in [0.2, 0.25) is 5.91 Å². The van der Waals surface area contributed by atoms with Crippen LogP contribution in [0, 0.1) is 12.8 Å². The van der Waals surface area contributed by atoms with Crippen LogP contribution in [0.15, 0.2) is 42.5 Å². The molecule has 128 valence electrons. The summed E-state index contributed by atoms with van der Waals surface area (Å²) in [6, 6.07) is 13.8. The fourth-order valence-corrected chi connectivity index (χ4v) is 3.93. The van der Waals surface area contributed by atoms with Gasteiger partial charge in [0.15, 0.2) is 5.13 Å². The summed E-state index contributed by atoms with van der Waals surface area (Å²) in [5.41, 5.74) is 2.96. The molecule has 6 heteroatoms. The molecule has 0 spiro atoms. The zero-order valence-electron chi connectivity index (χ0n) is 14.2. The summed E-state index contributed by atoms with van der Waals surface area (Å²) in [7, 11) is 1.66. The maximum absolute atomic E-state index is 12.4. The molecule has 4 rings (SSSR count). The molecule has 1 fully saturated rings. The minimum absolute atomic E-state index is 0.00191. The molecule has 25 heavy (non-hydrogen) atoms. The number of ether oxygens (including phenoxy) is 1. The Balaban J connectivity index is 1.40. The first-order chi connectivity index (χ1) is 12.1. The monoisotopic (exact) mass is 353 g/mol. The highest BCUT2D eigenvalue weighted by Gasteiger charge is 2.34. The van der Waals surface area contributed by atoms with Crippen molar-refractivity contribution in [3.8, 4) is 5.75 Å². The molecule has 1 saturated heterocycles. The van der Waals surface area contributed by atoms with Crippen LogP contribution in [0.2, 0.25) is 0 Å². The highest BCUT2D eigenvalue weighted by Crippen LogP contribution is 2.34. The van der Waals surface area contributed by atoms with Gasteiger partial charge in [-0.3, -0.25) is 4.79 Å². The Hall–Kier alpha value is -2.60. The molecular formula is C19H19N3O2S. The number of methoxy groups -OCH3 is 1. The highest BCUT2D eigenvalue weighted by atomic mass is 32.1. The van der Waals surface area contributed by atoms with Crippen molar-refractivity contribution in [2.45, 2.75) is 6.92 Å². The van der Waals surface area contributed by atoms with E-state index in [9.17, 15) is 4.79 Å². The van der Waals surface area contributed by atoms with Gasteiger partial charge in [0.05, 0.1) is 23.2 Å². The number of benzene rings is 2. The fraction of sp³-hybridized carbons (Fsp3) is 0.263. The molecule has 0 saturated carbocycles. The first-order valence-electron chi connectivity index (χ1n) is 8.19. The average Bonchev–Trinajstić information content (AvgIpc) is 2.95. The van der Waals surface area contributed by atoms with Crippen LogP contribution in [0.25, 0.3) is 10.2 Å². The molecule has 2 aromatic carbocycles. The van der Waals surface area contributed by atoms with E-state index in [0.717, 1.165) is 32.3 Å². The molecule has 0 atom stereocenters. The lowest BCUT2D eigenvalue weighted by Gasteiger charge is -2.37. The number of nitrogens with zero attached hydrogens (tertiary/aromatic N) is 2. The molecule has 1 aliphatic heterocycles. The summed E-state index contributed by atoms with van der Waals surface area (Å²) in [5, 5.41) is 3.96. The zero-order chi connectivity index (χ0) is 17.4. The van der Waals surface area contributed by atoms with E-state index < -0.39 is 0 Å². The summed E-state index contributed by atoms with van der Waals surface area (Å²) in [6.07, 6.45) is 0. The van der Waals surface area contributed by atoms with Gasteiger partial charge in [-0.05, 0) is 42.8 Å². The second-order valence-corrected chi connectivity index (χ2v) is 7.30. The predicted octanol–water partition coefficient (Wildman–Crippen LogP) is 3.69. The van der Waals surface area contributed by atoms with E-state index in [1.807, 2.05) is 49.4 Å². The molecule has 3 aromatic rings.